The molecule has 0 N–H and O–H groups in total. The van der Waals surface area contributed by atoms with Gasteiger partial charge in [0.15, 0.2) is 0 Å². The quantitative estimate of drug-likeness (QED) is 0.588. The lowest BCUT2D eigenvalue weighted by atomic mass is 10.0. The smallest absolute Gasteiger partial charge is 0.0709 e. The number of hydrogen-bond donors (Lipinski definition) is 0. The van der Waals surface area contributed by atoms with Crippen LogP contribution in [-0.2, 0) is 0 Å². The third-order valence-electron chi connectivity index (χ3n) is 2.72. The summed E-state index contributed by atoms with van der Waals surface area (Å²) < 4.78 is 0. The van der Waals surface area contributed by atoms with Crippen LogP contribution in [0.25, 0.3) is 22.4 Å². The van der Waals surface area contributed by atoms with E-state index in [0.29, 0.717) is 0 Å². The Bertz CT molecular complexity index is 572. The SMILES string of the molecule is c1ccc(-c2cnc3cccccc2-3)cc1. The zero-order valence-electron chi connectivity index (χ0n) is 8.80. The van der Waals surface area contributed by atoms with Gasteiger partial charge in [-0.1, -0.05) is 54.6 Å². The van der Waals surface area contributed by atoms with Crippen LogP contribution in [0.4, 0.5) is 0 Å². The number of aromatic nitrogens is 1. The van der Waals surface area contributed by atoms with E-state index >= 15 is 0 Å². The maximum Gasteiger partial charge on any atom is 0.0709 e. The number of hydrogen-bond acceptors (Lipinski definition) is 1. The lowest BCUT2D eigenvalue weighted by molar-refractivity contribution is 1.42. The summed E-state index contributed by atoms with van der Waals surface area (Å²) in [6, 6.07) is 20.6. The highest BCUT2D eigenvalue weighted by Gasteiger charge is 2.09. The zero-order valence-corrected chi connectivity index (χ0v) is 8.80. The summed E-state index contributed by atoms with van der Waals surface area (Å²) in [5.74, 6) is 0. The molecule has 16 heavy (non-hydrogen) atoms. The molecule has 2 aliphatic rings. The molecule has 0 fully saturated rings. The van der Waals surface area contributed by atoms with E-state index in [-0.39, 0.29) is 0 Å². The molecule has 0 saturated heterocycles. The van der Waals surface area contributed by atoms with Crippen LogP contribution in [0, 0.1) is 0 Å². The summed E-state index contributed by atoms with van der Waals surface area (Å²) in [7, 11) is 0. The van der Waals surface area contributed by atoms with Crippen molar-refractivity contribution < 1.29 is 0 Å². The van der Waals surface area contributed by atoms with Crippen molar-refractivity contribution in [3.05, 3.63) is 66.9 Å². The van der Waals surface area contributed by atoms with Crippen LogP contribution in [0.3, 0.4) is 0 Å². The van der Waals surface area contributed by atoms with Gasteiger partial charge in [-0.25, -0.2) is 0 Å². The lowest BCUT2D eigenvalue weighted by Crippen LogP contribution is -1.75. The van der Waals surface area contributed by atoms with E-state index in [2.05, 4.69) is 41.4 Å². The first-order chi connectivity index (χ1) is 7.95. The molecular formula is C15H11N. The van der Waals surface area contributed by atoms with Crippen molar-refractivity contribution in [2.45, 2.75) is 0 Å². The third-order valence-corrected chi connectivity index (χ3v) is 2.72. The van der Waals surface area contributed by atoms with Gasteiger partial charge >= 0.3 is 0 Å². The highest BCUT2D eigenvalue weighted by molar-refractivity contribution is 5.82. The van der Waals surface area contributed by atoms with E-state index in [9.17, 15) is 0 Å². The molecule has 0 atom stereocenters. The van der Waals surface area contributed by atoms with Crippen molar-refractivity contribution in [3.63, 3.8) is 0 Å². The van der Waals surface area contributed by atoms with Gasteiger partial charge in [0.25, 0.3) is 0 Å². The normalized spacial score (nSPS) is 10.5. The van der Waals surface area contributed by atoms with Gasteiger partial charge in [-0.2, -0.15) is 0 Å². The van der Waals surface area contributed by atoms with Crippen LogP contribution >= 0.6 is 0 Å². The molecule has 0 spiro atoms. The van der Waals surface area contributed by atoms with Crippen molar-refractivity contribution >= 4 is 0 Å². The van der Waals surface area contributed by atoms with E-state index in [0.717, 1.165) is 5.69 Å². The summed E-state index contributed by atoms with van der Waals surface area (Å²) >= 11 is 0. The second-order valence-electron chi connectivity index (χ2n) is 3.75. The largest absolute Gasteiger partial charge is 0.256 e. The summed E-state index contributed by atoms with van der Waals surface area (Å²) in [4.78, 5) is 4.44. The average molecular weight is 205 g/mol. The molecule has 76 valence electrons. The van der Waals surface area contributed by atoms with Crippen LogP contribution in [0.15, 0.2) is 66.9 Å². The minimum absolute atomic E-state index is 1.05. The van der Waals surface area contributed by atoms with Gasteiger partial charge in [0.2, 0.25) is 0 Å². The van der Waals surface area contributed by atoms with Crippen molar-refractivity contribution in [1.82, 2.24) is 4.98 Å². The second kappa shape index (κ2) is 3.78. The molecule has 1 aromatic rings. The van der Waals surface area contributed by atoms with E-state index in [1.807, 2.05) is 30.5 Å². The Balaban J connectivity index is 2.22. The zero-order chi connectivity index (χ0) is 10.8. The van der Waals surface area contributed by atoms with Crippen LogP contribution < -0.4 is 0 Å². The molecule has 1 aliphatic carbocycles. The predicted octanol–water partition coefficient (Wildman–Crippen LogP) is 3.85. The number of benzene rings is 1. The minimum atomic E-state index is 1.05. The fourth-order valence-electron chi connectivity index (χ4n) is 1.93. The summed E-state index contributed by atoms with van der Waals surface area (Å²) in [6.07, 6.45) is 1.94. The fraction of sp³-hybridized carbons (Fsp3) is 0. The molecule has 0 radical (unpaired) electrons. The van der Waals surface area contributed by atoms with Crippen LogP contribution in [0.1, 0.15) is 0 Å². The van der Waals surface area contributed by atoms with E-state index in [1.54, 1.807) is 0 Å². The standard InChI is InChI=1S/C15H11N/c1-3-7-12(8-4-1)14-11-16-15-10-6-2-5-9-13(14)15/h1-11H. The Labute approximate surface area is 94.7 Å². The molecule has 0 bridgehead atoms. The summed E-state index contributed by atoms with van der Waals surface area (Å²) in [5.41, 5.74) is 4.67. The highest BCUT2D eigenvalue weighted by Crippen LogP contribution is 2.32. The molecule has 1 nitrogen and oxygen atoms in total. The van der Waals surface area contributed by atoms with Gasteiger partial charge in [-0.15, -0.1) is 0 Å². The molecule has 0 unspecified atom stereocenters. The first kappa shape index (κ1) is 9.10. The van der Waals surface area contributed by atoms with Crippen molar-refractivity contribution in [1.29, 1.82) is 0 Å². The monoisotopic (exact) mass is 205 g/mol. The van der Waals surface area contributed by atoms with Gasteiger partial charge in [-0.3, -0.25) is 4.98 Å². The van der Waals surface area contributed by atoms with Gasteiger partial charge in [0.05, 0.1) is 5.69 Å². The molecular weight excluding hydrogens is 194 g/mol. The molecule has 1 heterocycles. The Morgan fingerprint density at radius 2 is 1.31 bits per heavy atom. The Hall–Kier alpha value is -2.15. The Kier molecular flexibility index (Phi) is 2.15. The maximum absolute atomic E-state index is 4.44. The summed E-state index contributed by atoms with van der Waals surface area (Å²) in [5, 5.41) is 0. The van der Waals surface area contributed by atoms with Crippen molar-refractivity contribution in [3.8, 4) is 22.4 Å². The fourth-order valence-corrected chi connectivity index (χ4v) is 1.93. The van der Waals surface area contributed by atoms with Crippen molar-refractivity contribution in [2.24, 2.45) is 0 Å². The van der Waals surface area contributed by atoms with Gasteiger partial charge in [0.1, 0.15) is 0 Å². The first-order valence-electron chi connectivity index (χ1n) is 5.34. The molecule has 1 aliphatic heterocycles. The topological polar surface area (TPSA) is 12.9 Å². The van der Waals surface area contributed by atoms with Gasteiger partial charge in [-0.05, 0) is 11.6 Å². The molecule has 0 amide bonds. The van der Waals surface area contributed by atoms with Crippen LogP contribution in [0.5, 0.6) is 0 Å². The molecule has 1 heteroatoms. The van der Waals surface area contributed by atoms with E-state index < -0.39 is 0 Å². The average Bonchev–Trinajstić information content (AvgIpc) is 2.60. The van der Waals surface area contributed by atoms with Crippen LogP contribution in [0.2, 0.25) is 0 Å². The number of rotatable bonds is 1. The molecule has 0 aromatic heterocycles. The van der Waals surface area contributed by atoms with E-state index in [4.69, 9.17) is 0 Å². The maximum atomic E-state index is 4.44. The third kappa shape index (κ3) is 1.47. The van der Waals surface area contributed by atoms with Gasteiger partial charge < -0.3 is 0 Å². The Morgan fingerprint density at radius 3 is 2.12 bits per heavy atom. The van der Waals surface area contributed by atoms with Crippen molar-refractivity contribution in [2.75, 3.05) is 0 Å². The molecule has 1 aromatic carbocycles. The highest BCUT2D eigenvalue weighted by atomic mass is 14.7. The number of fused-ring (bicyclic) bond motifs is 1. The Morgan fingerprint density at radius 1 is 0.625 bits per heavy atom. The predicted molar refractivity (Wildman–Crippen MR) is 66.3 cm³/mol. The van der Waals surface area contributed by atoms with E-state index in [1.165, 1.54) is 16.7 Å². The van der Waals surface area contributed by atoms with Crippen LogP contribution in [-0.4, -0.2) is 4.98 Å². The minimum Gasteiger partial charge on any atom is -0.256 e. The van der Waals surface area contributed by atoms with Gasteiger partial charge in [0, 0.05) is 17.3 Å². The number of nitrogens with zero attached hydrogens (tertiary/aromatic N) is 1. The first-order valence-corrected chi connectivity index (χ1v) is 5.34. The summed E-state index contributed by atoms with van der Waals surface area (Å²) in [6.45, 7) is 0. The molecule has 3 rings (SSSR count). The second-order valence-corrected chi connectivity index (χ2v) is 3.75. The lowest BCUT2D eigenvalue weighted by Gasteiger charge is -1.99. The molecule has 0 saturated carbocycles.